The lowest BCUT2D eigenvalue weighted by molar-refractivity contribution is -0.137. The van der Waals surface area contributed by atoms with Crippen molar-refractivity contribution in [1.29, 1.82) is 0 Å². The third-order valence-corrected chi connectivity index (χ3v) is 5.53. The minimum absolute atomic E-state index is 0.0970. The second-order valence-electron chi connectivity index (χ2n) is 5.16. The quantitative estimate of drug-likeness (QED) is 0.811. The van der Waals surface area contributed by atoms with Crippen molar-refractivity contribution in [3.8, 4) is 0 Å². The summed E-state index contributed by atoms with van der Waals surface area (Å²) in [5.74, 6) is -0.0958. The Morgan fingerprint density at radius 2 is 1.90 bits per heavy atom. The SMILES string of the molecule is O=C(O)CC(NC(c1cccs1)C1CC1)c1cccs1. The van der Waals surface area contributed by atoms with E-state index in [4.69, 9.17) is 5.11 Å². The highest BCUT2D eigenvalue weighted by Gasteiger charge is 2.35. The largest absolute Gasteiger partial charge is 0.481 e. The Morgan fingerprint density at radius 3 is 2.40 bits per heavy atom. The van der Waals surface area contributed by atoms with Gasteiger partial charge in [-0.2, -0.15) is 0 Å². The Kier molecular flexibility index (Phi) is 4.19. The van der Waals surface area contributed by atoms with E-state index in [0.29, 0.717) is 12.0 Å². The number of carboxylic acid groups (broad SMARTS) is 1. The van der Waals surface area contributed by atoms with Crippen LogP contribution in [0.4, 0.5) is 0 Å². The maximum Gasteiger partial charge on any atom is 0.305 e. The van der Waals surface area contributed by atoms with E-state index in [-0.39, 0.29) is 12.5 Å². The molecule has 106 valence electrons. The van der Waals surface area contributed by atoms with Crippen LogP contribution in [0.15, 0.2) is 35.0 Å². The molecule has 2 heterocycles. The predicted molar refractivity (Wildman–Crippen MR) is 82.2 cm³/mol. The van der Waals surface area contributed by atoms with Crippen LogP contribution in [0.5, 0.6) is 0 Å². The normalized spacial score (nSPS) is 17.8. The van der Waals surface area contributed by atoms with Gasteiger partial charge in [0.05, 0.1) is 12.5 Å². The van der Waals surface area contributed by atoms with E-state index in [0.717, 1.165) is 4.88 Å². The van der Waals surface area contributed by atoms with Crippen molar-refractivity contribution < 1.29 is 9.90 Å². The van der Waals surface area contributed by atoms with Gasteiger partial charge in [0.25, 0.3) is 0 Å². The van der Waals surface area contributed by atoms with Crippen molar-refractivity contribution in [2.24, 2.45) is 5.92 Å². The van der Waals surface area contributed by atoms with Gasteiger partial charge in [-0.3, -0.25) is 4.79 Å². The van der Waals surface area contributed by atoms with Crippen molar-refractivity contribution in [1.82, 2.24) is 5.32 Å². The van der Waals surface area contributed by atoms with Crippen LogP contribution >= 0.6 is 22.7 Å². The van der Waals surface area contributed by atoms with Crippen LogP contribution in [0.3, 0.4) is 0 Å². The second-order valence-corrected chi connectivity index (χ2v) is 7.12. The molecule has 0 saturated heterocycles. The maximum absolute atomic E-state index is 11.1. The summed E-state index contributed by atoms with van der Waals surface area (Å²) in [5, 5.41) is 16.8. The molecule has 0 amide bonds. The minimum atomic E-state index is -0.753. The zero-order chi connectivity index (χ0) is 13.9. The highest BCUT2D eigenvalue weighted by Crippen LogP contribution is 2.44. The number of thiophene rings is 2. The molecule has 1 saturated carbocycles. The summed E-state index contributed by atoms with van der Waals surface area (Å²) >= 11 is 3.37. The van der Waals surface area contributed by atoms with Gasteiger partial charge in [-0.25, -0.2) is 0 Å². The third-order valence-electron chi connectivity index (χ3n) is 3.59. The molecular weight excluding hydrogens is 290 g/mol. The van der Waals surface area contributed by atoms with Crippen LogP contribution in [0.2, 0.25) is 0 Å². The van der Waals surface area contributed by atoms with Crippen molar-refractivity contribution in [2.75, 3.05) is 0 Å². The van der Waals surface area contributed by atoms with Crippen molar-refractivity contribution in [3.05, 3.63) is 44.8 Å². The van der Waals surface area contributed by atoms with E-state index in [9.17, 15) is 4.79 Å². The number of carbonyl (C=O) groups is 1. The third kappa shape index (κ3) is 3.29. The fraction of sp³-hybridized carbons (Fsp3) is 0.400. The highest BCUT2D eigenvalue weighted by molar-refractivity contribution is 7.10. The van der Waals surface area contributed by atoms with Crippen LogP contribution in [0, 0.1) is 5.92 Å². The number of rotatable bonds is 7. The number of aliphatic carboxylic acids is 1. The first-order chi connectivity index (χ1) is 9.74. The molecule has 2 aromatic rings. The Balaban J connectivity index is 1.78. The Labute approximate surface area is 126 Å². The van der Waals surface area contributed by atoms with Gasteiger partial charge in [0.1, 0.15) is 0 Å². The molecular formula is C15H17NO2S2. The molecule has 0 aromatic carbocycles. The number of carboxylic acids is 1. The zero-order valence-electron chi connectivity index (χ0n) is 11.0. The van der Waals surface area contributed by atoms with E-state index in [1.807, 2.05) is 17.5 Å². The molecule has 3 rings (SSSR count). The van der Waals surface area contributed by atoms with Crippen LogP contribution in [-0.2, 0) is 4.79 Å². The first-order valence-corrected chi connectivity index (χ1v) is 8.54. The van der Waals surface area contributed by atoms with E-state index in [1.54, 1.807) is 22.7 Å². The molecule has 1 aliphatic carbocycles. The van der Waals surface area contributed by atoms with Gasteiger partial charge in [0, 0.05) is 15.8 Å². The van der Waals surface area contributed by atoms with Gasteiger partial charge < -0.3 is 10.4 Å². The molecule has 1 fully saturated rings. The Hall–Kier alpha value is -1.17. The smallest absolute Gasteiger partial charge is 0.305 e. The second kappa shape index (κ2) is 6.08. The molecule has 2 N–H and O–H groups in total. The molecule has 0 radical (unpaired) electrons. The zero-order valence-corrected chi connectivity index (χ0v) is 12.6. The summed E-state index contributed by atoms with van der Waals surface area (Å²) in [5.41, 5.74) is 0. The number of nitrogens with one attached hydrogen (secondary N) is 1. The molecule has 0 bridgehead atoms. The van der Waals surface area contributed by atoms with Crippen molar-refractivity contribution in [3.63, 3.8) is 0 Å². The summed E-state index contributed by atoms with van der Waals surface area (Å²) < 4.78 is 0. The molecule has 0 aliphatic heterocycles. The molecule has 2 aromatic heterocycles. The topological polar surface area (TPSA) is 49.3 Å². The van der Waals surface area contributed by atoms with Gasteiger partial charge in [-0.1, -0.05) is 12.1 Å². The monoisotopic (exact) mass is 307 g/mol. The van der Waals surface area contributed by atoms with E-state index in [1.165, 1.54) is 17.7 Å². The van der Waals surface area contributed by atoms with E-state index < -0.39 is 5.97 Å². The lowest BCUT2D eigenvalue weighted by Crippen LogP contribution is -2.28. The molecule has 3 nitrogen and oxygen atoms in total. The molecule has 2 unspecified atom stereocenters. The lowest BCUT2D eigenvalue weighted by atomic mass is 10.1. The molecule has 1 aliphatic rings. The van der Waals surface area contributed by atoms with Gasteiger partial charge in [0.2, 0.25) is 0 Å². The number of hydrogen-bond acceptors (Lipinski definition) is 4. The van der Waals surface area contributed by atoms with Crippen LogP contribution in [-0.4, -0.2) is 11.1 Å². The summed E-state index contributed by atoms with van der Waals surface area (Å²) in [7, 11) is 0. The molecule has 5 heteroatoms. The van der Waals surface area contributed by atoms with E-state index >= 15 is 0 Å². The average molecular weight is 307 g/mol. The number of hydrogen-bond donors (Lipinski definition) is 2. The first-order valence-electron chi connectivity index (χ1n) is 6.78. The van der Waals surface area contributed by atoms with Gasteiger partial charge >= 0.3 is 5.97 Å². The van der Waals surface area contributed by atoms with Crippen molar-refractivity contribution >= 4 is 28.6 Å². The average Bonchev–Trinajstić information content (AvgIpc) is 2.94. The minimum Gasteiger partial charge on any atom is -0.481 e. The summed E-state index contributed by atoms with van der Waals surface area (Å²) in [6, 6.07) is 8.40. The molecule has 0 spiro atoms. The van der Waals surface area contributed by atoms with Crippen molar-refractivity contribution in [2.45, 2.75) is 31.3 Å². The molecule has 20 heavy (non-hydrogen) atoms. The Bertz CT molecular complexity index is 546. The Morgan fingerprint density at radius 1 is 1.25 bits per heavy atom. The molecule has 2 atom stereocenters. The lowest BCUT2D eigenvalue weighted by Gasteiger charge is -2.23. The van der Waals surface area contributed by atoms with E-state index in [2.05, 4.69) is 22.8 Å². The highest BCUT2D eigenvalue weighted by atomic mass is 32.1. The van der Waals surface area contributed by atoms with Gasteiger partial charge in [0.15, 0.2) is 0 Å². The van der Waals surface area contributed by atoms with Gasteiger partial charge in [-0.05, 0) is 41.7 Å². The summed E-state index contributed by atoms with van der Waals surface area (Å²) in [6.45, 7) is 0. The fourth-order valence-corrected chi connectivity index (χ4v) is 4.14. The summed E-state index contributed by atoms with van der Waals surface area (Å²) in [4.78, 5) is 13.6. The first kappa shape index (κ1) is 13.8. The standard InChI is InChI=1S/C15H17NO2S2/c17-14(18)9-11(12-3-1-7-19-12)16-15(10-5-6-10)13-4-2-8-20-13/h1-4,7-8,10-11,15-16H,5-6,9H2,(H,17,18). The van der Waals surface area contributed by atoms with Gasteiger partial charge in [-0.15, -0.1) is 22.7 Å². The van der Waals surface area contributed by atoms with Crippen LogP contribution < -0.4 is 5.32 Å². The van der Waals surface area contributed by atoms with Crippen LogP contribution in [0.25, 0.3) is 0 Å². The fourth-order valence-electron chi connectivity index (χ4n) is 2.47. The predicted octanol–water partition coefficient (Wildman–Crippen LogP) is 4.07. The maximum atomic E-state index is 11.1. The summed E-state index contributed by atoms with van der Waals surface area (Å²) in [6.07, 6.45) is 2.61. The van der Waals surface area contributed by atoms with Crippen LogP contribution in [0.1, 0.15) is 41.1 Å².